The summed E-state index contributed by atoms with van der Waals surface area (Å²) in [7, 11) is 1.98. The van der Waals surface area contributed by atoms with Crippen LogP contribution in [0.3, 0.4) is 0 Å². The highest BCUT2D eigenvalue weighted by Gasteiger charge is 2.53. The van der Waals surface area contributed by atoms with E-state index in [9.17, 15) is 5.11 Å². The largest absolute Gasteiger partial charge is 0.454 e. The zero-order valence-corrected chi connectivity index (χ0v) is 16.0. The van der Waals surface area contributed by atoms with Crippen molar-refractivity contribution in [3.05, 3.63) is 41.5 Å². The normalized spacial score (nSPS) is 29.9. The Labute approximate surface area is 159 Å². The van der Waals surface area contributed by atoms with Gasteiger partial charge in [0.05, 0.1) is 0 Å². The van der Waals surface area contributed by atoms with E-state index in [0.29, 0.717) is 6.79 Å². The zero-order chi connectivity index (χ0) is 18.6. The fourth-order valence-electron chi connectivity index (χ4n) is 5.29. The first kappa shape index (κ1) is 17.1. The standard InChI is InChI=1S/C21H27N3O3/c1-14-8-18-19(27-13-26-18)9-15(14)10-24-11-16-4-3-5-17(12-24)21(16,25)20-22-6-7-23(20)2/h6-9,16-17,25H,3-5,10-13H2,1-2H3/t16-,17-/m1/s1. The first-order valence-electron chi connectivity index (χ1n) is 9.87. The van der Waals surface area contributed by atoms with Crippen LogP contribution in [0.1, 0.15) is 36.2 Å². The first-order valence-corrected chi connectivity index (χ1v) is 9.87. The first-order chi connectivity index (χ1) is 13.1. The third kappa shape index (κ3) is 2.65. The third-order valence-corrected chi connectivity index (χ3v) is 6.71. The summed E-state index contributed by atoms with van der Waals surface area (Å²) >= 11 is 0. The van der Waals surface area contributed by atoms with E-state index < -0.39 is 5.60 Å². The second kappa shape index (κ2) is 6.24. The molecule has 0 spiro atoms. The van der Waals surface area contributed by atoms with E-state index in [4.69, 9.17) is 9.47 Å². The molecular weight excluding hydrogens is 342 g/mol. The molecule has 0 unspecified atom stereocenters. The number of aryl methyl sites for hydroxylation is 2. The van der Waals surface area contributed by atoms with Crippen LogP contribution >= 0.6 is 0 Å². The van der Waals surface area contributed by atoms with Crippen molar-refractivity contribution in [1.29, 1.82) is 0 Å². The summed E-state index contributed by atoms with van der Waals surface area (Å²) in [6.07, 6.45) is 7.03. The number of ether oxygens (including phenoxy) is 2. The van der Waals surface area contributed by atoms with Crippen LogP contribution in [-0.2, 0) is 19.2 Å². The molecule has 6 heteroatoms. The molecule has 2 fully saturated rings. The lowest BCUT2D eigenvalue weighted by Gasteiger charge is -2.52. The minimum Gasteiger partial charge on any atom is -0.454 e. The van der Waals surface area contributed by atoms with E-state index in [2.05, 4.69) is 28.9 Å². The van der Waals surface area contributed by atoms with Crippen LogP contribution in [0.25, 0.3) is 0 Å². The molecule has 2 aromatic rings. The topological polar surface area (TPSA) is 59.8 Å². The minimum atomic E-state index is -0.809. The molecule has 3 heterocycles. The molecule has 5 rings (SSSR count). The minimum absolute atomic E-state index is 0.223. The van der Waals surface area contributed by atoms with Crippen molar-refractivity contribution in [1.82, 2.24) is 14.5 Å². The molecule has 1 aliphatic carbocycles. The van der Waals surface area contributed by atoms with Crippen LogP contribution < -0.4 is 9.47 Å². The molecule has 3 aliphatic rings. The number of benzene rings is 1. The summed E-state index contributed by atoms with van der Waals surface area (Å²) in [5, 5.41) is 11.7. The molecule has 1 aromatic heterocycles. The third-order valence-electron chi connectivity index (χ3n) is 6.71. The van der Waals surface area contributed by atoms with Crippen molar-refractivity contribution in [3.63, 3.8) is 0 Å². The van der Waals surface area contributed by atoms with Gasteiger partial charge in [-0.2, -0.15) is 0 Å². The number of rotatable bonds is 3. The second-order valence-electron chi connectivity index (χ2n) is 8.34. The van der Waals surface area contributed by atoms with E-state index in [1.165, 1.54) is 17.5 Å². The summed E-state index contributed by atoms with van der Waals surface area (Å²) < 4.78 is 13.0. The quantitative estimate of drug-likeness (QED) is 0.901. The highest BCUT2D eigenvalue weighted by atomic mass is 16.7. The van der Waals surface area contributed by atoms with Crippen LogP contribution in [0.15, 0.2) is 24.5 Å². The van der Waals surface area contributed by atoms with Gasteiger partial charge in [0.1, 0.15) is 11.4 Å². The van der Waals surface area contributed by atoms with E-state index in [-0.39, 0.29) is 11.8 Å². The van der Waals surface area contributed by atoms with Gasteiger partial charge >= 0.3 is 0 Å². The smallest absolute Gasteiger partial charge is 0.231 e. The molecule has 144 valence electrons. The van der Waals surface area contributed by atoms with Crippen molar-refractivity contribution in [3.8, 4) is 11.5 Å². The zero-order valence-electron chi connectivity index (χ0n) is 16.0. The van der Waals surface area contributed by atoms with Gasteiger partial charge in [-0.1, -0.05) is 6.42 Å². The number of aliphatic hydroxyl groups is 1. The van der Waals surface area contributed by atoms with E-state index >= 15 is 0 Å². The van der Waals surface area contributed by atoms with Gasteiger partial charge in [-0.15, -0.1) is 0 Å². The predicted molar refractivity (Wildman–Crippen MR) is 101 cm³/mol. The van der Waals surface area contributed by atoms with Crippen LogP contribution in [0.5, 0.6) is 11.5 Å². The molecule has 27 heavy (non-hydrogen) atoms. The summed E-state index contributed by atoms with van der Waals surface area (Å²) in [5.74, 6) is 2.96. The van der Waals surface area contributed by atoms with E-state index in [1.807, 2.05) is 17.8 Å². The Bertz CT molecular complexity index is 848. The van der Waals surface area contributed by atoms with Crippen molar-refractivity contribution in [2.75, 3.05) is 19.9 Å². The molecule has 1 N–H and O–H groups in total. The van der Waals surface area contributed by atoms with E-state index in [0.717, 1.165) is 49.8 Å². The number of nitrogens with zero attached hydrogens (tertiary/aromatic N) is 3. The molecule has 1 aromatic carbocycles. The Balaban J connectivity index is 1.40. The summed E-state index contributed by atoms with van der Waals surface area (Å²) in [4.78, 5) is 7.02. The Morgan fingerprint density at radius 2 is 1.89 bits per heavy atom. The molecule has 2 atom stereocenters. The monoisotopic (exact) mass is 369 g/mol. The van der Waals surface area contributed by atoms with Crippen LogP contribution in [0.4, 0.5) is 0 Å². The average molecular weight is 369 g/mol. The van der Waals surface area contributed by atoms with Crippen molar-refractivity contribution in [2.45, 2.75) is 38.3 Å². The molecule has 1 saturated heterocycles. The number of likely N-dealkylation sites (tertiary alicyclic amines) is 1. The van der Waals surface area contributed by atoms with Gasteiger partial charge in [-0.3, -0.25) is 4.90 Å². The van der Waals surface area contributed by atoms with Crippen molar-refractivity contribution >= 4 is 0 Å². The van der Waals surface area contributed by atoms with Gasteiger partial charge < -0.3 is 19.1 Å². The summed E-state index contributed by atoms with van der Waals surface area (Å²) in [6.45, 7) is 5.11. The molecule has 2 aliphatic heterocycles. The van der Waals surface area contributed by atoms with Gasteiger partial charge in [0.15, 0.2) is 11.5 Å². The number of piperidine rings is 1. The van der Waals surface area contributed by atoms with E-state index in [1.54, 1.807) is 6.20 Å². The lowest BCUT2D eigenvalue weighted by atomic mass is 9.65. The van der Waals surface area contributed by atoms with Crippen LogP contribution in [0, 0.1) is 18.8 Å². The molecule has 0 radical (unpaired) electrons. The Kier molecular flexibility index (Phi) is 3.95. The molecule has 1 saturated carbocycles. The summed E-state index contributed by atoms with van der Waals surface area (Å²) in [6, 6.07) is 4.19. The highest BCUT2D eigenvalue weighted by Crippen LogP contribution is 2.49. The summed E-state index contributed by atoms with van der Waals surface area (Å²) in [5.41, 5.74) is 1.70. The Morgan fingerprint density at radius 1 is 1.19 bits per heavy atom. The SMILES string of the molecule is Cc1cc2c(cc1CN1C[C@H]3CCC[C@H](C1)C3(O)c1nccn1C)OCO2. The van der Waals surface area contributed by atoms with Crippen LogP contribution in [0.2, 0.25) is 0 Å². The lowest BCUT2D eigenvalue weighted by Crippen LogP contribution is -2.58. The van der Waals surface area contributed by atoms with Crippen molar-refractivity contribution < 1.29 is 14.6 Å². The average Bonchev–Trinajstić information content (AvgIpc) is 3.24. The maximum atomic E-state index is 11.7. The molecule has 6 nitrogen and oxygen atoms in total. The van der Waals surface area contributed by atoms with Gasteiger partial charge in [-0.25, -0.2) is 4.98 Å². The lowest BCUT2D eigenvalue weighted by molar-refractivity contribution is -0.155. The fraction of sp³-hybridized carbons (Fsp3) is 0.571. The van der Waals surface area contributed by atoms with Crippen molar-refractivity contribution in [2.24, 2.45) is 18.9 Å². The Morgan fingerprint density at radius 3 is 2.56 bits per heavy atom. The Hall–Kier alpha value is -2.05. The number of fused-ring (bicyclic) bond motifs is 3. The second-order valence-corrected chi connectivity index (χ2v) is 8.34. The van der Waals surface area contributed by atoms with Gasteiger partial charge in [0, 0.05) is 50.9 Å². The number of imidazole rings is 1. The molecule has 0 amide bonds. The number of hydrogen-bond acceptors (Lipinski definition) is 5. The number of hydrogen-bond donors (Lipinski definition) is 1. The number of aromatic nitrogens is 2. The highest BCUT2D eigenvalue weighted by molar-refractivity contribution is 5.48. The van der Waals surface area contributed by atoms with Gasteiger partial charge in [0.2, 0.25) is 6.79 Å². The molecule has 2 bridgehead atoms. The maximum Gasteiger partial charge on any atom is 0.231 e. The predicted octanol–water partition coefficient (Wildman–Crippen LogP) is 2.58. The van der Waals surface area contributed by atoms with Gasteiger partial charge in [0.25, 0.3) is 0 Å². The van der Waals surface area contributed by atoms with Gasteiger partial charge in [-0.05, 0) is 43.0 Å². The fourth-order valence-corrected chi connectivity index (χ4v) is 5.29. The maximum absolute atomic E-state index is 11.7. The molecular formula is C21H27N3O3. The van der Waals surface area contributed by atoms with Crippen LogP contribution in [-0.4, -0.2) is 39.4 Å².